The van der Waals surface area contributed by atoms with Crippen molar-refractivity contribution in [1.29, 1.82) is 0 Å². The number of aliphatic hydroxyl groups is 3. The number of carbonyl (C=O) groups is 1. The number of aromatic hydroxyl groups is 1. The summed E-state index contributed by atoms with van der Waals surface area (Å²) < 4.78 is 21.8. The molecule has 198 valence electrons. The van der Waals surface area contributed by atoms with Gasteiger partial charge < -0.3 is 44.5 Å². The molecule has 0 saturated carbocycles. The van der Waals surface area contributed by atoms with Crippen LogP contribution in [0.25, 0.3) is 22.5 Å². The van der Waals surface area contributed by atoms with Crippen molar-refractivity contribution >= 4 is 17.5 Å². The number of aliphatic hydroxyl groups excluding tert-OH is 3. The van der Waals surface area contributed by atoms with Gasteiger partial charge in [-0.2, -0.15) is 0 Å². The summed E-state index contributed by atoms with van der Waals surface area (Å²) in [5.41, 5.74) is 1.04. The molecular formula is C25H27ClN2O9. The van der Waals surface area contributed by atoms with Gasteiger partial charge in [0.25, 0.3) is 5.91 Å². The summed E-state index contributed by atoms with van der Waals surface area (Å²) in [6, 6.07) is 9.39. The first-order valence-corrected chi connectivity index (χ1v) is 11.9. The minimum Gasteiger partial charge on any atom is -0.507 e. The van der Waals surface area contributed by atoms with E-state index < -0.39 is 36.6 Å². The van der Waals surface area contributed by atoms with Crippen LogP contribution in [0.1, 0.15) is 24.3 Å². The van der Waals surface area contributed by atoms with E-state index in [0.29, 0.717) is 23.4 Å². The van der Waals surface area contributed by atoms with E-state index in [1.165, 1.54) is 26.2 Å². The predicted octanol–water partition coefficient (Wildman–Crippen LogP) is 2.33. The van der Waals surface area contributed by atoms with E-state index in [1.807, 2.05) is 0 Å². The second-order valence-corrected chi connectivity index (χ2v) is 8.83. The summed E-state index contributed by atoms with van der Waals surface area (Å²) in [5.74, 6) is -0.165. The molecule has 3 aromatic rings. The zero-order valence-corrected chi connectivity index (χ0v) is 21.0. The van der Waals surface area contributed by atoms with Crippen molar-refractivity contribution in [2.75, 3.05) is 13.7 Å². The van der Waals surface area contributed by atoms with E-state index in [2.05, 4.69) is 10.5 Å². The Bertz CT molecular complexity index is 1260. The van der Waals surface area contributed by atoms with Gasteiger partial charge in [-0.15, -0.1) is 0 Å². The maximum Gasteiger partial charge on any atom is 0.274 e. The maximum absolute atomic E-state index is 12.7. The lowest BCUT2D eigenvalue weighted by molar-refractivity contribution is -0.268. The standard InChI is InChI=1S/C25H27ClN2O9/c1-4-27-24(33)19-18(12-5-7-13(34-3)8-6-12)23(37-28-19)14-9-15(26)17(10-16(14)29)36-25-22(32)21(31)20(30)11(2)35-25/h5-11,20-22,25,29-32H,4H2,1-3H3,(H,27,33)/t11-,20+,21+,22-,25-/m0/s1. The number of halogens is 1. The quantitative estimate of drug-likeness (QED) is 0.304. The minimum atomic E-state index is -1.57. The molecule has 0 aliphatic carbocycles. The lowest BCUT2D eigenvalue weighted by Gasteiger charge is -2.39. The summed E-state index contributed by atoms with van der Waals surface area (Å²) in [5, 5.41) is 47.7. The third-order valence-electron chi connectivity index (χ3n) is 5.97. The fourth-order valence-corrected chi connectivity index (χ4v) is 4.16. The smallest absolute Gasteiger partial charge is 0.274 e. The average Bonchev–Trinajstić information content (AvgIpc) is 3.33. The Morgan fingerprint density at radius 2 is 1.84 bits per heavy atom. The van der Waals surface area contributed by atoms with Gasteiger partial charge in [-0.1, -0.05) is 28.9 Å². The van der Waals surface area contributed by atoms with E-state index in [1.54, 1.807) is 31.2 Å². The summed E-state index contributed by atoms with van der Waals surface area (Å²) in [7, 11) is 1.53. The molecule has 1 aliphatic heterocycles. The predicted molar refractivity (Wildman–Crippen MR) is 132 cm³/mol. The monoisotopic (exact) mass is 534 g/mol. The second kappa shape index (κ2) is 11.0. The van der Waals surface area contributed by atoms with Crippen molar-refractivity contribution in [3.63, 3.8) is 0 Å². The van der Waals surface area contributed by atoms with Crippen LogP contribution in [0, 0.1) is 0 Å². The van der Waals surface area contributed by atoms with Crippen LogP contribution in [0.2, 0.25) is 5.02 Å². The van der Waals surface area contributed by atoms with Gasteiger partial charge in [-0.05, 0) is 37.6 Å². The first kappa shape index (κ1) is 26.7. The van der Waals surface area contributed by atoms with E-state index in [-0.39, 0.29) is 33.5 Å². The first-order chi connectivity index (χ1) is 17.7. The summed E-state index contributed by atoms with van der Waals surface area (Å²) in [6.07, 6.45) is -6.57. The Morgan fingerprint density at radius 3 is 2.49 bits per heavy atom. The highest BCUT2D eigenvalue weighted by Crippen LogP contribution is 2.44. The summed E-state index contributed by atoms with van der Waals surface area (Å²) in [4.78, 5) is 12.7. The Morgan fingerprint density at radius 1 is 1.14 bits per heavy atom. The highest BCUT2D eigenvalue weighted by atomic mass is 35.5. The molecule has 37 heavy (non-hydrogen) atoms. The molecule has 2 aromatic carbocycles. The number of ether oxygens (including phenoxy) is 3. The largest absolute Gasteiger partial charge is 0.507 e. The van der Waals surface area contributed by atoms with Gasteiger partial charge in [0.1, 0.15) is 35.6 Å². The lowest BCUT2D eigenvalue weighted by Crippen LogP contribution is -2.58. The molecule has 0 radical (unpaired) electrons. The molecule has 1 aliphatic rings. The Balaban J connectivity index is 1.73. The van der Waals surface area contributed by atoms with Crippen molar-refractivity contribution in [2.24, 2.45) is 0 Å². The van der Waals surface area contributed by atoms with Crippen molar-refractivity contribution in [2.45, 2.75) is 44.6 Å². The van der Waals surface area contributed by atoms with Crippen LogP contribution in [-0.4, -0.2) is 75.9 Å². The van der Waals surface area contributed by atoms with Gasteiger partial charge in [-0.3, -0.25) is 4.79 Å². The molecule has 11 nitrogen and oxygen atoms in total. The third kappa shape index (κ3) is 5.22. The van der Waals surface area contributed by atoms with E-state index in [9.17, 15) is 25.2 Å². The van der Waals surface area contributed by atoms with Crippen molar-refractivity contribution in [1.82, 2.24) is 10.5 Å². The molecule has 12 heteroatoms. The number of nitrogens with zero attached hydrogens (tertiary/aromatic N) is 1. The average molecular weight is 535 g/mol. The molecule has 1 fully saturated rings. The fourth-order valence-electron chi connectivity index (χ4n) is 3.95. The second-order valence-electron chi connectivity index (χ2n) is 8.42. The van der Waals surface area contributed by atoms with Gasteiger partial charge in [0.15, 0.2) is 11.5 Å². The SMILES string of the molecule is CCNC(=O)c1noc(-c2cc(Cl)c(O[C@@H]3O[C@@H](C)[C@@H](O)[C@@H](O)[C@@H]3O)cc2O)c1-c1ccc(OC)cc1. The van der Waals surface area contributed by atoms with Crippen molar-refractivity contribution < 1.29 is 44.0 Å². The molecule has 0 spiro atoms. The maximum atomic E-state index is 12.7. The van der Waals surface area contributed by atoms with Crippen molar-refractivity contribution in [3.8, 4) is 39.7 Å². The van der Waals surface area contributed by atoms with Crippen LogP contribution in [0.15, 0.2) is 40.9 Å². The number of methoxy groups -OCH3 is 1. The number of aromatic nitrogens is 1. The highest BCUT2D eigenvalue weighted by molar-refractivity contribution is 6.32. The molecule has 5 atom stereocenters. The number of benzene rings is 2. The Hall–Kier alpha value is -3.35. The third-order valence-corrected chi connectivity index (χ3v) is 6.26. The number of phenols is 1. The summed E-state index contributed by atoms with van der Waals surface area (Å²) in [6.45, 7) is 3.64. The minimum absolute atomic E-state index is 0.00788. The Labute approximate surface area is 217 Å². The van der Waals surface area contributed by atoms with E-state index >= 15 is 0 Å². The van der Waals surface area contributed by atoms with Crippen LogP contribution < -0.4 is 14.8 Å². The number of hydrogen-bond donors (Lipinski definition) is 5. The zero-order valence-electron chi connectivity index (χ0n) is 20.2. The van der Waals surface area contributed by atoms with Crippen LogP contribution in [0.4, 0.5) is 0 Å². The van der Waals surface area contributed by atoms with E-state index in [0.717, 1.165) is 0 Å². The molecule has 1 saturated heterocycles. The van der Waals surface area contributed by atoms with Crippen LogP contribution in [0.5, 0.6) is 17.2 Å². The van der Waals surface area contributed by atoms with Crippen LogP contribution in [-0.2, 0) is 4.74 Å². The van der Waals surface area contributed by atoms with Gasteiger partial charge in [0, 0.05) is 12.6 Å². The molecule has 2 heterocycles. The molecule has 1 amide bonds. The van der Waals surface area contributed by atoms with Gasteiger partial charge >= 0.3 is 0 Å². The summed E-state index contributed by atoms with van der Waals surface area (Å²) >= 11 is 6.43. The normalized spacial score (nSPS) is 23.5. The van der Waals surface area contributed by atoms with Crippen LogP contribution in [0.3, 0.4) is 0 Å². The van der Waals surface area contributed by atoms with Crippen LogP contribution >= 0.6 is 11.6 Å². The number of hydrogen-bond acceptors (Lipinski definition) is 10. The first-order valence-electron chi connectivity index (χ1n) is 11.5. The number of nitrogens with one attached hydrogen (secondary N) is 1. The lowest BCUT2D eigenvalue weighted by atomic mass is 9.98. The molecule has 0 bridgehead atoms. The molecular weight excluding hydrogens is 508 g/mol. The Kier molecular flexibility index (Phi) is 7.90. The van der Waals surface area contributed by atoms with E-state index in [4.69, 9.17) is 30.3 Å². The molecule has 5 N–H and O–H groups in total. The number of amides is 1. The molecule has 0 unspecified atom stereocenters. The topological polar surface area (TPSA) is 164 Å². The highest BCUT2D eigenvalue weighted by Gasteiger charge is 2.43. The van der Waals surface area contributed by atoms with Gasteiger partial charge in [0.05, 0.1) is 29.4 Å². The fraction of sp³-hybridized carbons (Fsp3) is 0.360. The molecule has 1 aromatic heterocycles. The van der Waals surface area contributed by atoms with Crippen molar-refractivity contribution in [3.05, 3.63) is 47.1 Å². The zero-order chi connectivity index (χ0) is 26.9. The number of carbonyl (C=O) groups excluding carboxylic acids is 1. The number of rotatable bonds is 7. The molecule has 4 rings (SSSR count). The van der Waals surface area contributed by atoms with Gasteiger partial charge in [0.2, 0.25) is 6.29 Å². The number of phenolic OH excluding ortho intramolecular Hbond substituents is 1. The van der Waals surface area contributed by atoms with Gasteiger partial charge in [-0.25, -0.2) is 0 Å².